The number of hydrogen-bond donors (Lipinski definition) is 3. The number of nitrogens with one attached hydrogen (secondary N) is 2. The van der Waals surface area contributed by atoms with Gasteiger partial charge in [0.25, 0.3) is 0 Å². The number of benzene rings is 1. The van der Waals surface area contributed by atoms with Crippen molar-refractivity contribution in [2.45, 2.75) is 33.9 Å². The number of aromatic nitrogens is 1. The molecule has 0 atom stereocenters. The topological polar surface area (TPSA) is 78.8 Å². The summed E-state index contributed by atoms with van der Waals surface area (Å²) in [5.41, 5.74) is 1.78. The average molecular weight is 348 g/mol. The number of ether oxygens (including phenoxy) is 1. The first-order valence-corrected chi connectivity index (χ1v) is 8.66. The number of aliphatic imine (C=N–C) groups is 1. The van der Waals surface area contributed by atoms with Crippen molar-refractivity contribution in [3.63, 3.8) is 0 Å². The molecular formula is C17H24N4O2S. The van der Waals surface area contributed by atoms with Crippen LogP contribution in [-0.2, 0) is 13.1 Å². The van der Waals surface area contributed by atoms with E-state index in [2.05, 4.69) is 27.5 Å². The maximum atomic E-state index is 10.1. The van der Waals surface area contributed by atoms with Crippen LogP contribution in [-0.4, -0.2) is 29.7 Å². The van der Waals surface area contributed by atoms with Crippen molar-refractivity contribution < 1.29 is 9.84 Å². The lowest BCUT2D eigenvalue weighted by Gasteiger charge is -2.11. The van der Waals surface area contributed by atoms with E-state index in [4.69, 9.17) is 4.74 Å². The molecule has 0 aliphatic heterocycles. The normalized spacial score (nSPS) is 11.4. The predicted molar refractivity (Wildman–Crippen MR) is 97.9 cm³/mol. The van der Waals surface area contributed by atoms with Gasteiger partial charge in [0.05, 0.1) is 25.9 Å². The quantitative estimate of drug-likeness (QED) is 0.553. The summed E-state index contributed by atoms with van der Waals surface area (Å²) in [6.07, 6.45) is 0. The van der Waals surface area contributed by atoms with Crippen LogP contribution >= 0.6 is 11.3 Å². The van der Waals surface area contributed by atoms with Gasteiger partial charge in [-0.2, -0.15) is 0 Å². The largest absolute Gasteiger partial charge is 0.504 e. The second kappa shape index (κ2) is 8.54. The summed E-state index contributed by atoms with van der Waals surface area (Å²) in [5.74, 6) is 1.27. The number of aryl methyl sites for hydroxylation is 2. The summed E-state index contributed by atoms with van der Waals surface area (Å²) in [6.45, 7) is 7.83. The minimum absolute atomic E-state index is 0.130. The number of para-hydroxylation sites is 1. The van der Waals surface area contributed by atoms with Crippen LogP contribution in [0.2, 0.25) is 0 Å². The lowest BCUT2D eigenvalue weighted by atomic mass is 10.2. The van der Waals surface area contributed by atoms with E-state index in [1.54, 1.807) is 17.4 Å². The third kappa shape index (κ3) is 4.61. The molecular weight excluding hydrogens is 324 g/mol. The van der Waals surface area contributed by atoms with Gasteiger partial charge in [0.2, 0.25) is 0 Å². The van der Waals surface area contributed by atoms with Crippen LogP contribution in [0, 0.1) is 13.8 Å². The lowest BCUT2D eigenvalue weighted by molar-refractivity contribution is 0.370. The molecule has 7 heteroatoms. The molecule has 0 saturated carbocycles. The van der Waals surface area contributed by atoms with Crippen molar-refractivity contribution in [3.8, 4) is 11.5 Å². The van der Waals surface area contributed by atoms with Crippen molar-refractivity contribution in [1.29, 1.82) is 0 Å². The molecule has 3 N–H and O–H groups in total. The minimum atomic E-state index is 0.130. The predicted octanol–water partition coefficient (Wildman–Crippen LogP) is 2.73. The molecule has 0 bridgehead atoms. The highest BCUT2D eigenvalue weighted by molar-refractivity contribution is 7.11. The molecule has 1 aromatic carbocycles. The van der Waals surface area contributed by atoms with E-state index in [1.165, 1.54) is 12.0 Å². The monoisotopic (exact) mass is 348 g/mol. The SMILES string of the molecule is CCNC(=NCc1cccc(OC)c1O)NCc1nc(C)c(C)s1. The molecule has 0 saturated heterocycles. The third-order valence-electron chi connectivity index (χ3n) is 3.53. The van der Waals surface area contributed by atoms with E-state index in [9.17, 15) is 5.11 Å². The first-order chi connectivity index (χ1) is 11.5. The van der Waals surface area contributed by atoms with Gasteiger partial charge in [-0.05, 0) is 26.8 Å². The molecule has 24 heavy (non-hydrogen) atoms. The van der Waals surface area contributed by atoms with E-state index in [0.29, 0.717) is 30.4 Å². The maximum Gasteiger partial charge on any atom is 0.191 e. The number of phenols is 1. The Bertz CT molecular complexity index is 693. The Morgan fingerprint density at radius 2 is 2.12 bits per heavy atom. The Morgan fingerprint density at radius 3 is 2.75 bits per heavy atom. The summed E-state index contributed by atoms with van der Waals surface area (Å²) in [6, 6.07) is 5.39. The fraction of sp³-hybridized carbons (Fsp3) is 0.412. The molecule has 2 aromatic rings. The van der Waals surface area contributed by atoms with E-state index in [-0.39, 0.29) is 5.75 Å². The van der Waals surface area contributed by atoms with Crippen LogP contribution in [0.1, 0.15) is 28.1 Å². The van der Waals surface area contributed by atoms with Gasteiger partial charge in [-0.1, -0.05) is 12.1 Å². The summed E-state index contributed by atoms with van der Waals surface area (Å²) in [7, 11) is 1.53. The second-order valence-electron chi connectivity index (χ2n) is 5.27. The zero-order valence-electron chi connectivity index (χ0n) is 14.5. The number of phenolic OH excluding ortho intramolecular Hbond substituents is 1. The standard InChI is InChI=1S/C17H24N4O2S/c1-5-18-17(20-10-15-21-11(2)12(3)24-15)19-9-13-7-6-8-14(23-4)16(13)22/h6-8,22H,5,9-10H2,1-4H3,(H2,18,19,20). The van der Waals surface area contributed by atoms with Crippen molar-refractivity contribution in [3.05, 3.63) is 39.3 Å². The van der Waals surface area contributed by atoms with Gasteiger partial charge in [0.1, 0.15) is 5.01 Å². The average Bonchev–Trinajstić information content (AvgIpc) is 2.89. The molecule has 0 spiro atoms. The Hall–Kier alpha value is -2.28. The molecule has 130 valence electrons. The first-order valence-electron chi connectivity index (χ1n) is 7.85. The summed E-state index contributed by atoms with van der Waals surface area (Å²) < 4.78 is 5.12. The van der Waals surface area contributed by atoms with E-state index < -0.39 is 0 Å². The highest BCUT2D eigenvalue weighted by atomic mass is 32.1. The van der Waals surface area contributed by atoms with Crippen LogP contribution < -0.4 is 15.4 Å². The fourth-order valence-electron chi connectivity index (χ4n) is 2.14. The molecule has 0 unspecified atom stereocenters. The molecule has 0 aliphatic rings. The van der Waals surface area contributed by atoms with Crippen LogP contribution in [0.5, 0.6) is 11.5 Å². The van der Waals surface area contributed by atoms with Gasteiger partial charge in [0, 0.05) is 17.0 Å². The van der Waals surface area contributed by atoms with Gasteiger partial charge in [0.15, 0.2) is 17.5 Å². The van der Waals surface area contributed by atoms with Crippen LogP contribution in [0.4, 0.5) is 0 Å². The smallest absolute Gasteiger partial charge is 0.191 e. The Labute approximate surface area is 146 Å². The first kappa shape index (κ1) is 18.1. The number of thiazole rings is 1. The summed E-state index contributed by atoms with van der Waals surface area (Å²) in [5, 5.41) is 17.6. The number of hydrogen-bond acceptors (Lipinski definition) is 5. The maximum absolute atomic E-state index is 10.1. The van der Waals surface area contributed by atoms with E-state index >= 15 is 0 Å². The summed E-state index contributed by atoms with van der Waals surface area (Å²) >= 11 is 1.68. The van der Waals surface area contributed by atoms with Crippen molar-refractivity contribution >= 4 is 17.3 Å². The third-order valence-corrected chi connectivity index (χ3v) is 4.61. The van der Waals surface area contributed by atoms with Gasteiger partial charge in [-0.25, -0.2) is 9.98 Å². The van der Waals surface area contributed by atoms with Crippen molar-refractivity contribution in [2.75, 3.05) is 13.7 Å². The molecule has 0 amide bonds. The minimum Gasteiger partial charge on any atom is -0.504 e. The van der Waals surface area contributed by atoms with Crippen LogP contribution in [0.3, 0.4) is 0 Å². The van der Waals surface area contributed by atoms with Gasteiger partial charge in [-0.3, -0.25) is 0 Å². The summed E-state index contributed by atoms with van der Waals surface area (Å²) in [4.78, 5) is 10.3. The van der Waals surface area contributed by atoms with Crippen LogP contribution in [0.25, 0.3) is 0 Å². The lowest BCUT2D eigenvalue weighted by Crippen LogP contribution is -2.36. The molecule has 0 aliphatic carbocycles. The van der Waals surface area contributed by atoms with Crippen molar-refractivity contribution in [1.82, 2.24) is 15.6 Å². The zero-order chi connectivity index (χ0) is 17.5. The number of rotatable bonds is 6. The van der Waals surface area contributed by atoms with Gasteiger partial charge in [-0.15, -0.1) is 11.3 Å². The van der Waals surface area contributed by atoms with Gasteiger partial charge < -0.3 is 20.5 Å². The van der Waals surface area contributed by atoms with Gasteiger partial charge >= 0.3 is 0 Å². The molecule has 1 aromatic heterocycles. The Morgan fingerprint density at radius 1 is 1.33 bits per heavy atom. The van der Waals surface area contributed by atoms with Crippen LogP contribution in [0.15, 0.2) is 23.2 Å². The van der Waals surface area contributed by atoms with E-state index in [0.717, 1.165) is 17.2 Å². The number of aromatic hydroxyl groups is 1. The zero-order valence-corrected chi connectivity index (χ0v) is 15.3. The molecule has 6 nitrogen and oxygen atoms in total. The van der Waals surface area contributed by atoms with E-state index in [1.807, 2.05) is 26.0 Å². The molecule has 2 rings (SSSR count). The highest BCUT2D eigenvalue weighted by Gasteiger charge is 2.08. The number of methoxy groups -OCH3 is 1. The molecule has 0 fully saturated rings. The highest BCUT2D eigenvalue weighted by Crippen LogP contribution is 2.29. The number of nitrogens with zero attached hydrogens (tertiary/aromatic N) is 2. The molecule has 1 heterocycles. The Kier molecular flexibility index (Phi) is 6.43. The fourth-order valence-corrected chi connectivity index (χ4v) is 3.01. The van der Waals surface area contributed by atoms with Crippen molar-refractivity contribution in [2.24, 2.45) is 4.99 Å². The number of guanidine groups is 1. The molecule has 0 radical (unpaired) electrons. The Balaban J connectivity index is 2.05. The second-order valence-corrected chi connectivity index (χ2v) is 6.55.